The van der Waals surface area contributed by atoms with E-state index in [-0.39, 0.29) is 23.5 Å². The van der Waals surface area contributed by atoms with Gasteiger partial charge >= 0.3 is 0 Å². The first kappa shape index (κ1) is 14.7. The molecular weight excluding hydrogens is 316 g/mol. The number of nitrogens with zero attached hydrogens (tertiary/aromatic N) is 3. The Balaban J connectivity index is 1.53. The molecule has 3 fully saturated rings. The van der Waals surface area contributed by atoms with Gasteiger partial charge in [-0.15, -0.1) is 0 Å². The Kier molecular flexibility index (Phi) is 2.75. The summed E-state index contributed by atoms with van der Waals surface area (Å²) in [5, 5.41) is 21.1. The van der Waals surface area contributed by atoms with Gasteiger partial charge < -0.3 is 16.2 Å². The highest BCUT2D eigenvalue weighted by Gasteiger charge is 2.73. The van der Waals surface area contributed by atoms with Crippen molar-refractivity contribution in [2.24, 2.45) is 11.3 Å². The second kappa shape index (κ2) is 4.70. The predicted molar refractivity (Wildman–Crippen MR) is 95.8 cm³/mol. The molecule has 25 heavy (non-hydrogen) atoms. The third-order valence-corrected chi connectivity index (χ3v) is 6.29. The van der Waals surface area contributed by atoms with E-state index in [9.17, 15) is 5.11 Å². The van der Waals surface area contributed by atoms with Crippen LogP contribution in [0.25, 0.3) is 22.2 Å². The molecule has 0 aliphatic heterocycles. The molecule has 2 heterocycles. The van der Waals surface area contributed by atoms with Gasteiger partial charge in [0, 0.05) is 34.7 Å². The molecule has 0 unspecified atom stereocenters. The molecule has 0 saturated heterocycles. The van der Waals surface area contributed by atoms with Gasteiger partial charge in [-0.3, -0.25) is 5.10 Å². The van der Waals surface area contributed by atoms with Crippen molar-refractivity contribution in [1.29, 1.82) is 0 Å². The molecule has 1 atom stereocenters. The van der Waals surface area contributed by atoms with Crippen molar-refractivity contribution in [3.8, 4) is 11.3 Å². The van der Waals surface area contributed by atoms with Crippen molar-refractivity contribution in [1.82, 2.24) is 20.2 Å². The van der Waals surface area contributed by atoms with Gasteiger partial charge in [-0.05, 0) is 37.0 Å². The first-order valence-corrected chi connectivity index (χ1v) is 8.51. The number of anilines is 2. The quantitative estimate of drug-likeness (QED) is 0.581. The largest absolute Gasteiger partial charge is 0.396 e. The van der Waals surface area contributed by atoms with E-state index in [4.69, 9.17) is 5.73 Å². The minimum absolute atomic E-state index is 0.0263. The number of nitrogens with one attached hydrogen (secondary N) is 2. The first-order valence-electron chi connectivity index (χ1n) is 8.51. The molecule has 1 aromatic carbocycles. The van der Waals surface area contributed by atoms with Crippen molar-refractivity contribution in [3.63, 3.8) is 0 Å². The standard InChI is InChI=1S/C18H20N6O/c1-10-17(9-25)7-18(10,8-17)23-15-12-3-2-11(13-4-5-20-24-13)6-14(12)21-16(19)22-15/h2-6,10,25H,7-9H2,1H3,(H,20,24)(H3,19,21,22,23)/t10-,17?,18?/m0/s1. The molecule has 128 valence electrons. The lowest BCUT2D eigenvalue weighted by molar-refractivity contribution is -0.210. The maximum atomic E-state index is 9.59. The lowest BCUT2D eigenvalue weighted by Crippen LogP contribution is -2.78. The molecule has 7 heteroatoms. The third-order valence-electron chi connectivity index (χ3n) is 6.29. The summed E-state index contributed by atoms with van der Waals surface area (Å²) in [4.78, 5) is 8.84. The maximum Gasteiger partial charge on any atom is 0.222 e. The smallest absolute Gasteiger partial charge is 0.222 e. The van der Waals surface area contributed by atoms with Crippen LogP contribution >= 0.6 is 0 Å². The summed E-state index contributed by atoms with van der Waals surface area (Å²) in [6.45, 7) is 2.46. The fourth-order valence-corrected chi connectivity index (χ4v) is 4.65. The molecule has 3 saturated carbocycles. The number of fused-ring (bicyclic) bond motifs is 1. The summed E-state index contributed by atoms with van der Waals surface area (Å²) in [5.74, 6) is 1.46. The average Bonchev–Trinajstić information content (AvgIpc) is 3.11. The van der Waals surface area contributed by atoms with Crippen LogP contribution < -0.4 is 11.1 Å². The minimum Gasteiger partial charge on any atom is -0.396 e. The van der Waals surface area contributed by atoms with Crippen LogP contribution in [0.3, 0.4) is 0 Å². The van der Waals surface area contributed by atoms with Crippen molar-refractivity contribution in [2.45, 2.75) is 25.3 Å². The lowest BCUT2D eigenvalue weighted by atomic mass is 9.33. The van der Waals surface area contributed by atoms with Gasteiger partial charge in [0.15, 0.2) is 0 Å². The minimum atomic E-state index is 0.0263. The van der Waals surface area contributed by atoms with Crippen LogP contribution in [-0.4, -0.2) is 37.4 Å². The zero-order valence-electron chi connectivity index (χ0n) is 14.0. The number of hydrogen-bond donors (Lipinski definition) is 4. The second-order valence-corrected chi connectivity index (χ2v) is 7.51. The Morgan fingerprint density at radius 1 is 1.32 bits per heavy atom. The van der Waals surface area contributed by atoms with Crippen LogP contribution in [0.5, 0.6) is 0 Å². The number of hydrogen-bond acceptors (Lipinski definition) is 6. The van der Waals surface area contributed by atoms with E-state index < -0.39 is 0 Å². The Bertz CT molecular complexity index is 961. The van der Waals surface area contributed by atoms with Gasteiger partial charge in [-0.1, -0.05) is 13.0 Å². The molecule has 2 aromatic heterocycles. The van der Waals surface area contributed by atoms with Gasteiger partial charge in [0.05, 0.1) is 11.2 Å². The van der Waals surface area contributed by atoms with Crippen LogP contribution in [-0.2, 0) is 0 Å². The molecule has 3 aliphatic carbocycles. The number of aromatic amines is 1. The SMILES string of the molecule is C[C@H]1C2(CO)CC1(Nc1nc(N)nc3cc(-c4ccn[nH]4)ccc13)C2. The summed E-state index contributed by atoms with van der Waals surface area (Å²) in [6, 6.07) is 7.96. The zero-order valence-corrected chi connectivity index (χ0v) is 14.0. The van der Waals surface area contributed by atoms with Gasteiger partial charge in [-0.2, -0.15) is 10.1 Å². The lowest BCUT2D eigenvalue weighted by Gasteiger charge is -2.75. The van der Waals surface area contributed by atoms with Gasteiger partial charge in [0.25, 0.3) is 0 Å². The molecule has 7 nitrogen and oxygen atoms in total. The van der Waals surface area contributed by atoms with Crippen LogP contribution in [0, 0.1) is 11.3 Å². The molecule has 0 amide bonds. The number of aliphatic hydroxyl groups is 1. The van der Waals surface area contributed by atoms with E-state index >= 15 is 0 Å². The summed E-state index contributed by atoms with van der Waals surface area (Å²) < 4.78 is 0. The number of benzene rings is 1. The van der Waals surface area contributed by atoms with Crippen molar-refractivity contribution < 1.29 is 5.11 Å². The fourth-order valence-electron chi connectivity index (χ4n) is 4.65. The van der Waals surface area contributed by atoms with Crippen LogP contribution in [0.15, 0.2) is 30.5 Å². The van der Waals surface area contributed by atoms with Crippen molar-refractivity contribution in [3.05, 3.63) is 30.5 Å². The molecule has 3 aromatic rings. The number of aliphatic hydroxyl groups excluding tert-OH is 1. The van der Waals surface area contributed by atoms with Gasteiger partial charge in [0.1, 0.15) is 5.82 Å². The number of H-pyrrole nitrogens is 1. The first-order chi connectivity index (χ1) is 12.1. The molecule has 0 radical (unpaired) electrons. The average molecular weight is 336 g/mol. The molecule has 0 spiro atoms. The highest BCUT2D eigenvalue weighted by atomic mass is 16.3. The monoisotopic (exact) mass is 336 g/mol. The van der Waals surface area contributed by atoms with E-state index in [2.05, 4.69) is 32.4 Å². The van der Waals surface area contributed by atoms with Gasteiger partial charge in [0.2, 0.25) is 5.95 Å². The summed E-state index contributed by atoms with van der Waals surface area (Å²) in [7, 11) is 0. The summed E-state index contributed by atoms with van der Waals surface area (Å²) >= 11 is 0. The van der Waals surface area contributed by atoms with E-state index in [0.717, 1.165) is 40.8 Å². The second-order valence-electron chi connectivity index (χ2n) is 7.51. The molecule has 2 bridgehead atoms. The third kappa shape index (κ3) is 1.87. The molecule has 3 aliphatic rings. The van der Waals surface area contributed by atoms with Crippen molar-refractivity contribution >= 4 is 22.7 Å². The Hall–Kier alpha value is -2.67. The molecule has 6 rings (SSSR count). The van der Waals surface area contributed by atoms with Crippen LogP contribution in [0.4, 0.5) is 11.8 Å². The summed E-state index contributed by atoms with van der Waals surface area (Å²) in [5.41, 5.74) is 8.83. The number of rotatable bonds is 4. The fraction of sp³-hybridized carbons (Fsp3) is 0.389. The van der Waals surface area contributed by atoms with E-state index in [1.807, 2.05) is 24.3 Å². The Labute approximate surface area is 144 Å². The number of aromatic nitrogens is 4. The summed E-state index contributed by atoms with van der Waals surface area (Å²) in [6.07, 6.45) is 3.69. The predicted octanol–water partition coefficient (Wildman–Crippen LogP) is 2.17. The Morgan fingerprint density at radius 2 is 2.16 bits per heavy atom. The van der Waals surface area contributed by atoms with E-state index in [1.54, 1.807) is 6.20 Å². The highest BCUT2D eigenvalue weighted by molar-refractivity contribution is 5.93. The number of nitrogens with two attached hydrogens (primary N) is 1. The topological polar surface area (TPSA) is 113 Å². The Morgan fingerprint density at radius 3 is 2.84 bits per heavy atom. The van der Waals surface area contributed by atoms with Crippen LogP contribution in [0.2, 0.25) is 0 Å². The van der Waals surface area contributed by atoms with Gasteiger partial charge in [-0.25, -0.2) is 4.98 Å². The molecule has 5 N–H and O–H groups in total. The normalized spacial score (nSPS) is 29.9. The highest BCUT2D eigenvalue weighted by Crippen LogP contribution is 2.71. The maximum absolute atomic E-state index is 9.59. The molecular formula is C18H20N6O. The number of nitrogen functional groups attached to an aromatic ring is 1. The van der Waals surface area contributed by atoms with E-state index in [0.29, 0.717) is 5.92 Å². The van der Waals surface area contributed by atoms with Crippen LogP contribution in [0.1, 0.15) is 19.8 Å². The van der Waals surface area contributed by atoms with E-state index in [1.165, 1.54) is 0 Å². The van der Waals surface area contributed by atoms with Crippen molar-refractivity contribution in [2.75, 3.05) is 17.7 Å². The zero-order chi connectivity index (χ0) is 17.2.